The van der Waals surface area contributed by atoms with E-state index >= 15 is 0 Å². The number of hydrogen-bond donors (Lipinski definition) is 2. The number of nitrogens with two attached hydrogens (primary N) is 1. The zero-order chi connectivity index (χ0) is 14.3. The van der Waals surface area contributed by atoms with E-state index in [1.165, 1.54) is 0 Å². The number of hydrogen-bond acceptors (Lipinski definition) is 4. The van der Waals surface area contributed by atoms with Gasteiger partial charge >= 0.3 is 5.97 Å². The van der Waals surface area contributed by atoms with Crippen molar-refractivity contribution in [2.75, 3.05) is 17.7 Å². The van der Waals surface area contributed by atoms with Crippen LogP contribution in [0.3, 0.4) is 0 Å². The van der Waals surface area contributed by atoms with Crippen molar-refractivity contribution in [2.45, 2.75) is 19.8 Å². The summed E-state index contributed by atoms with van der Waals surface area (Å²) in [6, 6.07) is 6.89. The first-order valence-corrected chi connectivity index (χ1v) is 5.97. The van der Waals surface area contributed by atoms with Crippen molar-refractivity contribution in [2.24, 2.45) is 0 Å². The molecule has 0 saturated heterocycles. The Morgan fingerprint density at radius 2 is 1.95 bits per heavy atom. The number of amides is 1. The lowest BCUT2D eigenvalue weighted by molar-refractivity contribution is -0.139. The molecule has 0 spiro atoms. The van der Waals surface area contributed by atoms with Crippen molar-refractivity contribution in [3.63, 3.8) is 0 Å². The molecule has 3 N–H and O–H groups in total. The summed E-state index contributed by atoms with van der Waals surface area (Å²) < 4.78 is 4.88. The van der Waals surface area contributed by atoms with Gasteiger partial charge in [0, 0.05) is 23.4 Å². The molecule has 5 nitrogen and oxygen atoms in total. The molecule has 0 fully saturated rings. The van der Waals surface area contributed by atoms with Gasteiger partial charge in [-0.25, -0.2) is 4.79 Å². The minimum absolute atomic E-state index is 0.129. The molecule has 1 aromatic carbocycles. The Hall–Kier alpha value is -2.30. The highest BCUT2D eigenvalue weighted by molar-refractivity contribution is 5.91. The van der Waals surface area contributed by atoms with Crippen LogP contribution in [-0.2, 0) is 14.3 Å². The minimum atomic E-state index is -0.432. The van der Waals surface area contributed by atoms with Gasteiger partial charge in [-0.05, 0) is 37.6 Å². The zero-order valence-electron chi connectivity index (χ0n) is 10.9. The van der Waals surface area contributed by atoms with E-state index in [0.29, 0.717) is 23.4 Å². The van der Waals surface area contributed by atoms with Gasteiger partial charge in [-0.2, -0.15) is 0 Å². The molecule has 0 aliphatic rings. The maximum Gasteiger partial charge on any atom is 0.333 e. The number of ether oxygens (including phenoxy) is 1. The van der Waals surface area contributed by atoms with Crippen LogP contribution in [0.1, 0.15) is 19.8 Å². The van der Waals surface area contributed by atoms with Gasteiger partial charge in [0.05, 0.1) is 6.61 Å². The van der Waals surface area contributed by atoms with E-state index in [-0.39, 0.29) is 18.9 Å². The van der Waals surface area contributed by atoms with E-state index in [4.69, 9.17) is 10.5 Å². The normalized spacial score (nSPS) is 9.74. The predicted octanol–water partition coefficient (Wildman–Crippen LogP) is 2.11. The molecule has 0 bridgehead atoms. The molecule has 0 aliphatic heterocycles. The van der Waals surface area contributed by atoms with Crippen LogP contribution in [0.25, 0.3) is 0 Å². The summed E-state index contributed by atoms with van der Waals surface area (Å²) in [6.07, 6.45) is 0.758. The molecule has 1 rings (SSSR count). The Labute approximate surface area is 112 Å². The Morgan fingerprint density at radius 3 is 2.53 bits per heavy atom. The molecule has 0 heterocycles. The third-order valence-corrected chi connectivity index (χ3v) is 2.32. The number of benzene rings is 1. The molecule has 1 amide bonds. The highest BCUT2D eigenvalue weighted by Gasteiger charge is 2.05. The van der Waals surface area contributed by atoms with Gasteiger partial charge in [0.2, 0.25) is 5.91 Å². The van der Waals surface area contributed by atoms with E-state index in [0.717, 1.165) is 0 Å². The van der Waals surface area contributed by atoms with E-state index in [1.807, 2.05) is 0 Å². The predicted molar refractivity (Wildman–Crippen MR) is 74.5 cm³/mol. The van der Waals surface area contributed by atoms with Crippen molar-refractivity contribution in [3.8, 4) is 0 Å². The number of nitrogens with one attached hydrogen (secondary N) is 1. The first-order chi connectivity index (χ1) is 8.99. The standard InChI is InChI=1S/C14H18N2O3/c1-10(2)14(18)19-9-3-4-13(17)16-12-7-5-11(15)6-8-12/h5-8H,1,3-4,9,15H2,2H3,(H,16,17). The first kappa shape index (κ1) is 14.8. The van der Waals surface area contributed by atoms with Crippen LogP contribution in [0.2, 0.25) is 0 Å². The second kappa shape index (κ2) is 7.20. The summed E-state index contributed by atoms with van der Waals surface area (Å²) in [5.41, 5.74) is 7.23. The fourth-order valence-electron chi connectivity index (χ4n) is 1.31. The van der Waals surface area contributed by atoms with Gasteiger partial charge in [0.25, 0.3) is 0 Å². The largest absolute Gasteiger partial charge is 0.462 e. The lowest BCUT2D eigenvalue weighted by Gasteiger charge is -2.06. The zero-order valence-corrected chi connectivity index (χ0v) is 10.9. The highest BCUT2D eigenvalue weighted by Crippen LogP contribution is 2.11. The average molecular weight is 262 g/mol. The van der Waals surface area contributed by atoms with Crippen molar-refractivity contribution >= 4 is 23.3 Å². The molecule has 0 aromatic heterocycles. The van der Waals surface area contributed by atoms with Crippen molar-refractivity contribution in [1.82, 2.24) is 0 Å². The van der Waals surface area contributed by atoms with Crippen LogP contribution in [0.4, 0.5) is 11.4 Å². The fraction of sp³-hybridized carbons (Fsp3) is 0.286. The third-order valence-electron chi connectivity index (χ3n) is 2.32. The number of carbonyl (C=O) groups excluding carboxylic acids is 2. The van der Waals surface area contributed by atoms with Crippen LogP contribution < -0.4 is 11.1 Å². The van der Waals surface area contributed by atoms with Gasteiger partial charge in [-0.15, -0.1) is 0 Å². The number of carbonyl (C=O) groups is 2. The van der Waals surface area contributed by atoms with E-state index in [1.54, 1.807) is 31.2 Å². The third kappa shape index (κ3) is 5.72. The quantitative estimate of drug-likeness (QED) is 0.356. The van der Waals surface area contributed by atoms with Gasteiger partial charge in [0.15, 0.2) is 0 Å². The molecule has 102 valence electrons. The summed E-state index contributed by atoms with van der Waals surface area (Å²) >= 11 is 0. The van der Waals surface area contributed by atoms with Crippen molar-refractivity contribution < 1.29 is 14.3 Å². The molecular weight excluding hydrogens is 244 g/mol. The minimum Gasteiger partial charge on any atom is -0.462 e. The molecule has 0 unspecified atom stereocenters. The summed E-state index contributed by atoms with van der Waals surface area (Å²) in [5.74, 6) is -0.560. The highest BCUT2D eigenvalue weighted by atomic mass is 16.5. The fourth-order valence-corrected chi connectivity index (χ4v) is 1.31. The molecule has 0 atom stereocenters. The van der Waals surface area contributed by atoms with Gasteiger partial charge < -0.3 is 15.8 Å². The SMILES string of the molecule is C=C(C)C(=O)OCCCC(=O)Nc1ccc(N)cc1. The number of anilines is 2. The van der Waals surface area contributed by atoms with Crippen molar-refractivity contribution in [3.05, 3.63) is 36.4 Å². The second-order valence-electron chi connectivity index (χ2n) is 4.19. The topological polar surface area (TPSA) is 81.4 Å². The smallest absolute Gasteiger partial charge is 0.333 e. The average Bonchev–Trinajstić information content (AvgIpc) is 2.37. The molecule has 19 heavy (non-hydrogen) atoms. The van der Waals surface area contributed by atoms with Gasteiger partial charge in [-0.1, -0.05) is 6.58 Å². The first-order valence-electron chi connectivity index (χ1n) is 5.97. The van der Waals surface area contributed by atoms with Crippen LogP contribution in [0, 0.1) is 0 Å². The van der Waals surface area contributed by atoms with Gasteiger partial charge in [-0.3, -0.25) is 4.79 Å². The molecule has 0 saturated carbocycles. The Morgan fingerprint density at radius 1 is 1.32 bits per heavy atom. The molecule has 0 radical (unpaired) electrons. The number of nitrogen functional groups attached to an aromatic ring is 1. The molecule has 1 aromatic rings. The Bertz CT molecular complexity index is 466. The molecular formula is C14H18N2O3. The van der Waals surface area contributed by atoms with Crippen molar-refractivity contribution in [1.29, 1.82) is 0 Å². The molecule has 5 heteroatoms. The Balaban J connectivity index is 2.23. The van der Waals surface area contributed by atoms with E-state index in [9.17, 15) is 9.59 Å². The van der Waals surface area contributed by atoms with Crippen LogP contribution in [-0.4, -0.2) is 18.5 Å². The van der Waals surface area contributed by atoms with E-state index < -0.39 is 5.97 Å². The number of rotatable bonds is 6. The Kier molecular flexibility index (Phi) is 5.60. The number of esters is 1. The van der Waals surface area contributed by atoms with Crippen LogP contribution >= 0.6 is 0 Å². The summed E-state index contributed by atoms with van der Waals surface area (Å²) in [7, 11) is 0. The second-order valence-corrected chi connectivity index (χ2v) is 4.19. The van der Waals surface area contributed by atoms with Crippen LogP contribution in [0.5, 0.6) is 0 Å². The summed E-state index contributed by atoms with van der Waals surface area (Å²) in [6.45, 7) is 5.26. The lowest BCUT2D eigenvalue weighted by Crippen LogP contribution is -2.13. The van der Waals surface area contributed by atoms with E-state index in [2.05, 4.69) is 11.9 Å². The molecule has 0 aliphatic carbocycles. The summed E-state index contributed by atoms with van der Waals surface area (Å²) in [4.78, 5) is 22.7. The maximum atomic E-state index is 11.6. The maximum absolute atomic E-state index is 11.6. The van der Waals surface area contributed by atoms with Crippen LogP contribution in [0.15, 0.2) is 36.4 Å². The van der Waals surface area contributed by atoms with Gasteiger partial charge in [0.1, 0.15) is 0 Å². The summed E-state index contributed by atoms with van der Waals surface area (Å²) in [5, 5.41) is 2.73. The monoisotopic (exact) mass is 262 g/mol. The lowest BCUT2D eigenvalue weighted by atomic mass is 10.2.